The number of sulfone groups is 1. The second-order valence-corrected chi connectivity index (χ2v) is 13.5. The molecule has 1 aromatic carbocycles. The third-order valence-electron chi connectivity index (χ3n) is 8.20. The number of nitrogens with zero attached hydrogens (tertiary/aromatic N) is 4. The van der Waals surface area contributed by atoms with Crippen molar-refractivity contribution in [1.29, 1.82) is 0 Å². The van der Waals surface area contributed by atoms with Crippen LogP contribution in [-0.4, -0.2) is 161 Å². The fourth-order valence-electron chi connectivity index (χ4n) is 5.48. The van der Waals surface area contributed by atoms with Crippen LogP contribution in [0, 0.1) is 0 Å². The summed E-state index contributed by atoms with van der Waals surface area (Å²) in [5, 5.41) is 62.7. The number of carbonyl (C=O) groups is 2. The smallest absolute Gasteiger partial charge is 0.335 e. The lowest BCUT2D eigenvalue weighted by Gasteiger charge is -2.45. The Morgan fingerprint density at radius 2 is 1.53 bits per heavy atom. The summed E-state index contributed by atoms with van der Waals surface area (Å²) in [6, 6.07) is 6.91. The lowest BCUT2D eigenvalue weighted by atomic mass is 9.96. The Labute approximate surface area is 268 Å². The van der Waals surface area contributed by atoms with Crippen molar-refractivity contribution in [2.24, 2.45) is 0 Å². The van der Waals surface area contributed by atoms with Crippen molar-refractivity contribution < 1.29 is 67.2 Å². The molecule has 3 aliphatic rings. The highest BCUT2D eigenvalue weighted by molar-refractivity contribution is 7.91. The third kappa shape index (κ3) is 7.56. The van der Waals surface area contributed by atoms with Crippen LogP contribution in [0.25, 0.3) is 5.69 Å². The maximum atomic E-state index is 13.2. The van der Waals surface area contributed by atoms with E-state index < -0.39 is 83.1 Å². The zero-order valence-corrected chi connectivity index (χ0v) is 26.1. The molecule has 19 nitrogen and oxygen atoms in total. The molecule has 20 heteroatoms. The molecule has 0 bridgehead atoms. The molecule has 3 aliphatic heterocycles. The van der Waals surface area contributed by atoms with E-state index in [-0.39, 0.29) is 18.1 Å². The normalized spacial score (nSPS) is 34.1. The fourth-order valence-corrected chi connectivity index (χ4v) is 6.69. The lowest BCUT2D eigenvalue weighted by Crippen LogP contribution is -2.66. The summed E-state index contributed by atoms with van der Waals surface area (Å²) < 4.78 is 51.4. The number of carbonyl (C=O) groups excluding carboxylic acids is 1. The van der Waals surface area contributed by atoms with Crippen molar-refractivity contribution in [1.82, 2.24) is 20.3 Å². The maximum absolute atomic E-state index is 13.2. The number of aliphatic carboxylic acids is 1. The van der Waals surface area contributed by atoms with Crippen LogP contribution in [-0.2, 0) is 49.7 Å². The largest absolute Gasteiger partial charge is 0.479 e. The first-order chi connectivity index (χ1) is 22.3. The van der Waals surface area contributed by atoms with Crippen molar-refractivity contribution in [2.45, 2.75) is 68.0 Å². The first-order valence-corrected chi connectivity index (χ1v) is 16.4. The van der Waals surface area contributed by atoms with E-state index in [4.69, 9.17) is 23.7 Å². The number of ether oxygens (including phenoxy) is 5. The van der Waals surface area contributed by atoms with Gasteiger partial charge in [0.25, 0.3) is 5.91 Å². The van der Waals surface area contributed by atoms with Gasteiger partial charge in [0.15, 0.2) is 40.4 Å². The number of hydrogen-bond acceptors (Lipinski definition) is 16. The van der Waals surface area contributed by atoms with Gasteiger partial charge in [-0.25, -0.2) is 17.9 Å². The highest BCUT2D eigenvalue weighted by Gasteiger charge is 2.54. The number of rotatable bonds is 10. The molecular formula is C27H37N5O14S. The SMILES string of the molecule is COC1OC(C(=O)O)C(OC2OC(C(=O)NCc3ccc(-n4cc(N5CCS(=O)(=O)CC5)nn4)cc3)C(OC)C(O)C2O)C(O)C1O. The minimum Gasteiger partial charge on any atom is -0.479 e. The van der Waals surface area contributed by atoms with Gasteiger partial charge < -0.3 is 59.4 Å². The van der Waals surface area contributed by atoms with Crippen molar-refractivity contribution >= 4 is 27.5 Å². The zero-order chi connectivity index (χ0) is 34.0. The molecule has 0 spiro atoms. The summed E-state index contributed by atoms with van der Waals surface area (Å²) in [5.74, 6) is -1.70. The fraction of sp³-hybridized carbons (Fsp3) is 0.630. The molecule has 1 aromatic heterocycles. The van der Waals surface area contributed by atoms with Crippen LogP contribution in [0.5, 0.6) is 0 Å². The molecule has 47 heavy (non-hydrogen) atoms. The summed E-state index contributed by atoms with van der Waals surface area (Å²) in [6.07, 6.45) is -15.4. The topological polar surface area (TPSA) is 262 Å². The van der Waals surface area contributed by atoms with Crippen molar-refractivity contribution in [2.75, 3.05) is 43.7 Å². The lowest BCUT2D eigenvalue weighted by molar-refractivity contribution is -0.348. The summed E-state index contributed by atoms with van der Waals surface area (Å²) >= 11 is 0. The Morgan fingerprint density at radius 3 is 2.15 bits per heavy atom. The molecule has 10 unspecified atom stereocenters. The molecular weight excluding hydrogens is 650 g/mol. The van der Waals surface area contributed by atoms with E-state index >= 15 is 0 Å². The molecule has 1 amide bonds. The predicted molar refractivity (Wildman–Crippen MR) is 156 cm³/mol. The van der Waals surface area contributed by atoms with Crippen LogP contribution in [0.4, 0.5) is 5.82 Å². The highest BCUT2D eigenvalue weighted by atomic mass is 32.2. The van der Waals surface area contributed by atoms with Crippen LogP contribution in [0.2, 0.25) is 0 Å². The van der Waals surface area contributed by atoms with Gasteiger partial charge in [0, 0.05) is 33.9 Å². The van der Waals surface area contributed by atoms with Crippen molar-refractivity contribution in [3.05, 3.63) is 36.0 Å². The number of aliphatic hydroxyl groups is 4. The van der Waals surface area contributed by atoms with Crippen molar-refractivity contribution in [3.8, 4) is 5.69 Å². The Bertz CT molecular complexity index is 1500. The number of amides is 1. The van der Waals surface area contributed by atoms with Crippen LogP contribution < -0.4 is 10.2 Å². The number of carboxylic acid groups (broad SMARTS) is 1. The molecule has 2 aromatic rings. The quantitative estimate of drug-likeness (QED) is 0.140. The van der Waals surface area contributed by atoms with Gasteiger partial charge in [-0.2, -0.15) is 0 Å². The number of anilines is 1. The molecule has 6 N–H and O–H groups in total. The average Bonchev–Trinajstić information content (AvgIpc) is 3.54. The number of aromatic nitrogens is 3. The van der Waals surface area contributed by atoms with E-state index in [1.165, 1.54) is 11.8 Å². The van der Waals surface area contributed by atoms with Crippen LogP contribution in [0.1, 0.15) is 5.56 Å². The first-order valence-electron chi connectivity index (χ1n) is 14.6. The summed E-state index contributed by atoms with van der Waals surface area (Å²) in [6.45, 7) is 0.662. The third-order valence-corrected chi connectivity index (χ3v) is 9.81. The van der Waals surface area contributed by atoms with Crippen LogP contribution in [0.3, 0.4) is 0 Å². The van der Waals surface area contributed by atoms with E-state index in [0.717, 1.165) is 7.11 Å². The molecule has 10 atom stereocenters. The first kappa shape index (κ1) is 35.0. The van der Waals surface area contributed by atoms with Gasteiger partial charge >= 0.3 is 5.97 Å². The Hall–Kier alpha value is -3.31. The molecule has 3 fully saturated rings. The molecule has 0 aliphatic carbocycles. The molecule has 260 valence electrons. The molecule has 4 heterocycles. The standard InChI is InChI=1S/C27H37N5O14S/c1-42-20-16(33)19(36)27(44-21-17(34)18(35)26(43-2)46-23(21)25(38)39)45-22(20)24(37)28-11-13-3-5-14(6-4-13)32-12-15(29-30-32)31-7-9-47(40,41)10-8-31/h3-6,12,16-23,26-27,33-36H,7-11H2,1-2H3,(H,28,37)(H,38,39). The molecule has 3 saturated heterocycles. The Balaban J connectivity index is 1.22. The number of hydrogen-bond donors (Lipinski definition) is 6. The second kappa shape index (κ2) is 14.4. The number of benzene rings is 1. The minimum absolute atomic E-state index is 0.00526. The van der Waals surface area contributed by atoms with Crippen LogP contribution >= 0.6 is 0 Å². The van der Waals surface area contributed by atoms with Gasteiger partial charge in [-0.1, -0.05) is 17.3 Å². The number of carboxylic acids is 1. The zero-order valence-electron chi connectivity index (χ0n) is 25.3. The van der Waals surface area contributed by atoms with Crippen LogP contribution in [0.15, 0.2) is 30.5 Å². The summed E-state index contributed by atoms with van der Waals surface area (Å²) in [7, 11) is -0.718. The minimum atomic E-state index is -3.04. The van der Waals surface area contributed by atoms with Gasteiger partial charge in [0.2, 0.25) is 0 Å². The van der Waals surface area contributed by atoms with E-state index in [9.17, 15) is 43.5 Å². The second-order valence-electron chi connectivity index (χ2n) is 11.2. The maximum Gasteiger partial charge on any atom is 0.335 e. The molecule has 0 radical (unpaired) electrons. The van der Waals surface area contributed by atoms with E-state index in [0.29, 0.717) is 30.2 Å². The van der Waals surface area contributed by atoms with E-state index in [1.54, 1.807) is 30.5 Å². The predicted octanol–water partition coefficient (Wildman–Crippen LogP) is -3.86. The Morgan fingerprint density at radius 1 is 0.915 bits per heavy atom. The van der Waals surface area contributed by atoms with E-state index in [1.807, 2.05) is 4.90 Å². The summed E-state index contributed by atoms with van der Waals surface area (Å²) in [5.41, 5.74) is 1.32. The van der Waals surface area contributed by atoms with Gasteiger partial charge in [-0.15, -0.1) is 5.10 Å². The Kier molecular flexibility index (Phi) is 10.8. The van der Waals surface area contributed by atoms with Crippen molar-refractivity contribution in [3.63, 3.8) is 0 Å². The van der Waals surface area contributed by atoms with E-state index in [2.05, 4.69) is 15.6 Å². The molecule has 5 rings (SSSR count). The van der Waals surface area contributed by atoms with Gasteiger partial charge in [0.1, 0.15) is 36.6 Å². The average molecular weight is 688 g/mol. The van der Waals surface area contributed by atoms with Gasteiger partial charge in [0.05, 0.1) is 23.4 Å². The molecule has 0 saturated carbocycles. The highest BCUT2D eigenvalue weighted by Crippen LogP contribution is 2.30. The monoisotopic (exact) mass is 687 g/mol. The summed E-state index contributed by atoms with van der Waals surface area (Å²) in [4.78, 5) is 26.9. The number of nitrogens with one attached hydrogen (secondary N) is 1. The number of aliphatic hydroxyl groups excluding tert-OH is 4. The van der Waals surface area contributed by atoms with Gasteiger partial charge in [-0.3, -0.25) is 4.79 Å². The van der Waals surface area contributed by atoms with Gasteiger partial charge in [-0.05, 0) is 17.7 Å². The number of methoxy groups -OCH3 is 2.